The van der Waals surface area contributed by atoms with Gasteiger partial charge in [-0.3, -0.25) is 14.1 Å². The highest BCUT2D eigenvalue weighted by Gasteiger charge is 2.17. The maximum absolute atomic E-state index is 12.7. The normalized spacial score (nSPS) is 11.7. The molecule has 29 heavy (non-hydrogen) atoms. The Morgan fingerprint density at radius 2 is 1.69 bits per heavy atom. The quantitative estimate of drug-likeness (QED) is 0.345. The van der Waals surface area contributed by atoms with Crippen LogP contribution in [0.25, 0.3) is 10.2 Å². The topological polar surface area (TPSA) is 68.2 Å². The standard InChI is InChI=1S/C20H14ClIN2O3S2/c21-14-3-1-13(2-4-14)12-24-18-10-9-17(11-19(18)28-20(24)25)29(26,27)23-16-7-5-15(22)6-8-16/h1-11,23H,12H2. The second-order valence-corrected chi connectivity index (χ2v) is 10.7. The van der Waals surface area contributed by atoms with Crippen LogP contribution in [0.3, 0.4) is 0 Å². The van der Waals surface area contributed by atoms with Crippen molar-refractivity contribution in [2.45, 2.75) is 11.4 Å². The minimum absolute atomic E-state index is 0.114. The number of fused-ring (bicyclic) bond motifs is 1. The Balaban J connectivity index is 1.67. The summed E-state index contributed by atoms with van der Waals surface area (Å²) in [5, 5.41) is 0.631. The smallest absolute Gasteiger partial charge is 0.294 e. The second kappa shape index (κ2) is 8.10. The number of anilines is 1. The molecule has 0 aliphatic carbocycles. The van der Waals surface area contributed by atoms with Crippen LogP contribution >= 0.6 is 45.5 Å². The summed E-state index contributed by atoms with van der Waals surface area (Å²) in [6, 6.07) is 19.1. The predicted octanol–water partition coefficient (Wildman–Crippen LogP) is 5.17. The summed E-state index contributed by atoms with van der Waals surface area (Å²) >= 11 is 9.10. The van der Waals surface area contributed by atoms with Crippen LogP contribution in [-0.2, 0) is 16.6 Å². The number of nitrogens with one attached hydrogen (secondary N) is 1. The first-order valence-corrected chi connectivity index (χ1v) is 12.2. The number of rotatable bonds is 5. The molecule has 0 spiro atoms. The van der Waals surface area contributed by atoms with Crippen molar-refractivity contribution in [2.24, 2.45) is 0 Å². The molecule has 0 atom stereocenters. The number of nitrogens with zero attached hydrogens (tertiary/aromatic N) is 1. The molecule has 1 N–H and O–H groups in total. The Kier molecular flexibility index (Phi) is 5.69. The molecular formula is C20H14ClIN2O3S2. The van der Waals surface area contributed by atoms with Gasteiger partial charge in [-0.1, -0.05) is 35.1 Å². The van der Waals surface area contributed by atoms with Gasteiger partial charge in [0, 0.05) is 14.3 Å². The molecule has 0 unspecified atom stereocenters. The lowest BCUT2D eigenvalue weighted by Crippen LogP contribution is -2.14. The molecular weight excluding hydrogens is 543 g/mol. The van der Waals surface area contributed by atoms with E-state index in [2.05, 4.69) is 27.3 Å². The highest BCUT2D eigenvalue weighted by Crippen LogP contribution is 2.24. The van der Waals surface area contributed by atoms with E-state index in [4.69, 9.17) is 11.6 Å². The third-order valence-electron chi connectivity index (χ3n) is 4.30. The summed E-state index contributed by atoms with van der Waals surface area (Å²) < 4.78 is 31.3. The zero-order chi connectivity index (χ0) is 20.6. The molecule has 0 saturated heterocycles. The van der Waals surface area contributed by atoms with Crippen LogP contribution in [0.15, 0.2) is 76.4 Å². The molecule has 1 heterocycles. The molecule has 0 fully saturated rings. The van der Waals surface area contributed by atoms with Gasteiger partial charge in [-0.25, -0.2) is 8.42 Å². The highest BCUT2D eigenvalue weighted by atomic mass is 127. The fourth-order valence-electron chi connectivity index (χ4n) is 2.87. The molecule has 0 saturated carbocycles. The first-order valence-electron chi connectivity index (χ1n) is 8.48. The number of halogens is 2. The molecule has 148 valence electrons. The van der Waals surface area contributed by atoms with E-state index in [9.17, 15) is 13.2 Å². The van der Waals surface area contributed by atoms with E-state index in [0.29, 0.717) is 27.5 Å². The summed E-state index contributed by atoms with van der Waals surface area (Å²) in [6.45, 7) is 0.392. The van der Waals surface area contributed by atoms with Crippen LogP contribution in [-0.4, -0.2) is 13.0 Å². The molecule has 9 heteroatoms. The number of hydrogen-bond acceptors (Lipinski definition) is 4. The molecule has 5 nitrogen and oxygen atoms in total. The predicted molar refractivity (Wildman–Crippen MR) is 127 cm³/mol. The average molecular weight is 557 g/mol. The van der Waals surface area contributed by atoms with Crippen LogP contribution in [0.2, 0.25) is 5.02 Å². The van der Waals surface area contributed by atoms with E-state index < -0.39 is 10.0 Å². The first-order chi connectivity index (χ1) is 13.8. The lowest BCUT2D eigenvalue weighted by molar-refractivity contribution is 0.601. The monoisotopic (exact) mass is 556 g/mol. The van der Waals surface area contributed by atoms with Gasteiger partial charge in [0.1, 0.15) is 0 Å². The Morgan fingerprint density at radius 1 is 1.00 bits per heavy atom. The molecule has 4 rings (SSSR count). The van der Waals surface area contributed by atoms with Gasteiger partial charge < -0.3 is 0 Å². The number of aromatic nitrogens is 1. The third-order valence-corrected chi connectivity index (χ3v) is 7.59. The van der Waals surface area contributed by atoms with Gasteiger partial charge in [-0.15, -0.1) is 0 Å². The van der Waals surface area contributed by atoms with Crippen molar-refractivity contribution in [3.05, 3.63) is 90.6 Å². The Hall–Kier alpha value is -1.88. The van der Waals surface area contributed by atoms with Crippen molar-refractivity contribution in [2.75, 3.05) is 4.72 Å². The van der Waals surface area contributed by atoms with Crippen LogP contribution in [0.4, 0.5) is 5.69 Å². The lowest BCUT2D eigenvalue weighted by Gasteiger charge is -2.09. The summed E-state index contributed by atoms with van der Waals surface area (Å²) in [6.07, 6.45) is 0. The molecule has 0 bridgehead atoms. The molecule has 4 aromatic rings. The van der Waals surface area contributed by atoms with Gasteiger partial charge in [0.05, 0.1) is 21.7 Å². The van der Waals surface area contributed by atoms with Crippen molar-refractivity contribution in [1.29, 1.82) is 0 Å². The summed E-state index contributed by atoms with van der Waals surface area (Å²) in [7, 11) is -3.76. The number of thiazole rings is 1. The molecule has 0 aliphatic rings. The van der Waals surface area contributed by atoms with Crippen LogP contribution < -0.4 is 9.60 Å². The Bertz CT molecular complexity index is 1350. The summed E-state index contributed by atoms with van der Waals surface area (Å²) in [5.41, 5.74) is 2.12. The Morgan fingerprint density at radius 3 is 2.38 bits per heavy atom. The fourth-order valence-corrected chi connectivity index (χ4v) is 5.44. The van der Waals surface area contributed by atoms with Crippen molar-refractivity contribution in [1.82, 2.24) is 4.57 Å². The van der Waals surface area contributed by atoms with Crippen molar-refractivity contribution >= 4 is 71.5 Å². The number of hydrogen-bond donors (Lipinski definition) is 1. The molecule has 0 amide bonds. The minimum Gasteiger partial charge on any atom is -0.294 e. The maximum atomic E-state index is 12.7. The molecule has 1 aromatic heterocycles. The van der Waals surface area contributed by atoms with E-state index in [1.54, 1.807) is 34.9 Å². The van der Waals surface area contributed by atoms with Gasteiger partial charge in [0.25, 0.3) is 10.0 Å². The zero-order valence-electron chi connectivity index (χ0n) is 14.8. The van der Waals surface area contributed by atoms with Gasteiger partial charge in [0.2, 0.25) is 0 Å². The Labute approximate surface area is 190 Å². The van der Waals surface area contributed by atoms with Gasteiger partial charge in [-0.05, 0) is 82.8 Å². The van der Waals surface area contributed by atoms with E-state index in [0.717, 1.165) is 20.5 Å². The van der Waals surface area contributed by atoms with Crippen LogP contribution in [0.5, 0.6) is 0 Å². The fraction of sp³-hybridized carbons (Fsp3) is 0.0500. The van der Waals surface area contributed by atoms with Crippen molar-refractivity contribution < 1.29 is 8.42 Å². The first kappa shape index (κ1) is 20.4. The maximum Gasteiger partial charge on any atom is 0.308 e. The van der Waals surface area contributed by atoms with E-state index in [1.807, 2.05) is 24.3 Å². The van der Waals surface area contributed by atoms with Crippen molar-refractivity contribution in [3.8, 4) is 0 Å². The highest BCUT2D eigenvalue weighted by molar-refractivity contribution is 14.1. The van der Waals surface area contributed by atoms with Crippen molar-refractivity contribution in [3.63, 3.8) is 0 Å². The van der Waals surface area contributed by atoms with Crippen LogP contribution in [0, 0.1) is 3.57 Å². The molecule has 3 aromatic carbocycles. The minimum atomic E-state index is -3.76. The number of sulfonamides is 1. The third kappa shape index (κ3) is 4.50. The lowest BCUT2D eigenvalue weighted by atomic mass is 10.2. The van der Waals surface area contributed by atoms with Gasteiger partial charge in [-0.2, -0.15) is 0 Å². The van der Waals surface area contributed by atoms with Gasteiger partial charge in [0.15, 0.2) is 0 Å². The average Bonchev–Trinajstić information content (AvgIpc) is 3.00. The SMILES string of the molecule is O=c1sc2cc(S(=O)(=O)Nc3ccc(I)cc3)ccc2n1Cc1ccc(Cl)cc1. The molecule has 0 radical (unpaired) electrons. The van der Waals surface area contributed by atoms with E-state index in [1.165, 1.54) is 12.1 Å². The largest absolute Gasteiger partial charge is 0.308 e. The summed E-state index contributed by atoms with van der Waals surface area (Å²) in [5.74, 6) is 0. The van der Waals surface area contributed by atoms with Crippen LogP contribution in [0.1, 0.15) is 5.56 Å². The zero-order valence-corrected chi connectivity index (χ0v) is 19.3. The van der Waals surface area contributed by atoms with E-state index in [-0.39, 0.29) is 9.77 Å². The second-order valence-electron chi connectivity index (χ2n) is 6.32. The number of benzene rings is 3. The summed E-state index contributed by atoms with van der Waals surface area (Å²) in [4.78, 5) is 12.5. The van der Waals surface area contributed by atoms with E-state index >= 15 is 0 Å². The van der Waals surface area contributed by atoms with Gasteiger partial charge >= 0.3 is 4.87 Å². The molecule has 0 aliphatic heterocycles.